The van der Waals surface area contributed by atoms with Crippen LogP contribution in [0.4, 0.5) is 0 Å². The molecule has 0 amide bonds. The van der Waals surface area contributed by atoms with Gasteiger partial charge in [0, 0.05) is 0 Å². The molecule has 2 atom stereocenters. The van der Waals surface area contributed by atoms with Crippen molar-refractivity contribution in [2.24, 2.45) is 0 Å². The molecular formula is C16H18OS. The van der Waals surface area contributed by atoms with Gasteiger partial charge in [-0.3, -0.25) is 0 Å². The number of hydrogen-bond donors (Lipinski definition) is 0. The van der Waals surface area contributed by atoms with Crippen LogP contribution >= 0.6 is 11.8 Å². The molecular weight excluding hydrogens is 240 g/mol. The van der Waals surface area contributed by atoms with Gasteiger partial charge in [0.1, 0.15) is 11.9 Å². The van der Waals surface area contributed by atoms with Crippen LogP contribution in [0.1, 0.15) is 31.7 Å². The summed E-state index contributed by atoms with van der Waals surface area (Å²) in [5.74, 6) is 1.61. The number of hydrogen-bond acceptors (Lipinski definition) is 2. The predicted molar refractivity (Wildman–Crippen MR) is 77.5 cm³/mol. The number of allylic oxidation sites excluding steroid dienone is 3. The van der Waals surface area contributed by atoms with E-state index in [1.54, 1.807) is 0 Å². The molecule has 0 saturated carbocycles. The molecule has 0 radical (unpaired) electrons. The molecule has 1 aliphatic heterocycles. The van der Waals surface area contributed by atoms with Crippen molar-refractivity contribution in [3.63, 3.8) is 0 Å². The maximum absolute atomic E-state index is 6.10. The topological polar surface area (TPSA) is 9.23 Å². The molecule has 0 bridgehead atoms. The maximum atomic E-state index is 6.10. The van der Waals surface area contributed by atoms with Crippen LogP contribution in [0.25, 0.3) is 0 Å². The highest BCUT2D eigenvalue weighted by atomic mass is 32.2. The number of ether oxygens (including phenoxy) is 1. The van der Waals surface area contributed by atoms with Gasteiger partial charge in [-0.05, 0) is 36.1 Å². The molecule has 2 heteroatoms. The first kappa shape index (κ1) is 11.9. The molecule has 2 aliphatic rings. The molecule has 1 aliphatic carbocycles. The van der Waals surface area contributed by atoms with E-state index in [2.05, 4.69) is 56.4 Å². The molecule has 0 N–H and O–H groups in total. The van der Waals surface area contributed by atoms with Crippen LogP contribution in [0.5, 0.6) is 5.75 Å². The second-order valence-corrected chi connectivity index (χ2v) is 6.43. The Hall–Kier alpha value is -1.15. The lowest BCUT2D eigenvalue weighted by Crippen LogP contribution is -2.30. The van der Waals surface area contributed by atoms with Crippen molar-refractivity contribution in [1.29, 1.82) is 0 Å². The third kappa shape index (κ3) is 2.22. The van der Waals surface area contributed by atoms with Crippen molar-refractivity contribution in [2.75, 3.05) is 0 Å². The summed E-state index contributed by atoms with van der Waals surface area (Å²) in [7, 11) is 0. The smallest absolute Gasteiger partial charge is 0.133 e. The van der Waals surface area contributed by atoms with Gasteiger partial charge >= 0.3 is 0 Å². The normalized spacial score (nSPS) is 25.3. The van der Waals surface area contributed by atoms with Gasteiger partial charge in [-0.25, -0.2) is 0 Å². The summed E-state index contributed by atoms with van der Waals surface area (Å²) in [5, 5.41) is 0.509. The van der Waals surface area contributed by atoms with Crippen LogP contribution in [-0.2, 0) is 0 Å². The molecule has 2 unspecified atom stereocenters. The van der Waals surface area contributed by atoms with Gasteiger partial charge in [0.25, 0.3) is 0 Å². The lowest BCUT2D eigenvalue weighted by Gasteiger charge is -2.30. The molecule has 1 aromatic carbocycles. The Labute approximate surface area is 113 Å². The largest absolute Gasteiger partial charge is 0.484 e. The third-order valence-corrected chi connectivity index (χ3v) is 4.80. The molecule has 1 aromatic rings. The second kappa shape index (κ2) is 4.85. The lowest BCUT2D eigenvalue weighted by atomic mass is 10.0. The molecule has 18 heavy (non-hydrogen) atoms. The Bertz CT molecular complexity index is 502. The van der Waals surface area contributed by atoms with Crippen LogP contribution in [0, 0.1) is 0 Å². The average Bonchev–Trinajstić information content (AvgIpc) is 2.59. The Kier molecular flexibility index (Phi) is 3.21. The standard InChI is InChI=1S/C16H18OS/c1-11(2)12-8-9-14-16(10-12)18-15-7-5-3-4-6-13(15)17-14/h3-6,8-11,13,15H,7H2,1-2H3. The summed E-state index contributed by atoms with van der Waals surface area (Å²) < 4.78 is 6.10. The van der Waals surface area contributed by atoms with Crippen molar-refractivity contribution in [2.45, 2.75) is 42.4 Å². The third-order valence-electron chi connectivity index (χ3n) is 3.46. The molecule has 0 spiro atoms. The van der Waals surface area contributed by atoms with E-state index in [-0.39, 0.29) is 6.10 Å². The maximum Gasteiger partial charge on any atom is 0.133 e. The van der Waals surface area contributed by atoms with Gasteiger partial charge in [0.05, 0.1) is 10.1 Å². The van der Waals surface area contributed by atoms with Gasteiger partial charge in [0.15, 0.2) is 0 Å². The van der Waals surface area contributed by atoms with E-state index >= 15 is 0 Å². The Morgan fingerprint density at radius 3 is 3.00 bits per heavy atom. The molecule has 1 heterocycles. The van der Waals surface area contributed by atoms with Crippen LogP contribution in [0.3, 0.4) is 0 Å². The van der Waals surface area contributed by atoms with Crippen LogP contribution in [-0.4, -0.2) is 11.4 Å². The van der Waals surface area contributed by atoms with Crippen LogP contribution in [0.15, 0.2) is 47.4 Å². The number of rotatable bonds is 1. The van der Waals surface area contributed by atoms with E-state index in [9.17, 15) is 0 Å². The van der Waals surface area contributed by atoms with E-state index in [4.69, 9.17) is 4.74 Å². The van der Waals surface area contributed by atoms with Crippen molar-refractivity contribution in [3.8, 4) is 5.75 Å². The molecule has 1 nitrogen and oxygen atoms in total. The molecule has 94 valence electrons. The quantitative estimate of drug-likeness (QED) is 0.731. The Morgan fingerprint density at radius 1 is 1.28 bits per heavy atom. The van der Waals surface area contributed by atoms with E-state index in [1.807, 2.05) is 11.8 Å². The zero-order chi connectivity index (χ0) is 12.5. The minimum atomic E-state index is 0.211. The minimum absolute atomic E-state index is 0.211. The van der Waals surface area contributed by atoms with Crippen molar-refractivity contribution < 1.29 is 4.74 Å². The number of thioether (sulfide) groups is 1. The monoisotopic (exact) mass is 258 g/mol. The SMILES string of the molecule is CC(C)c1ccc2c(c1)SC1CC=CC=CC1O2. The number of fused-ring (bicyclic) bond motifs is 2. The highest BCUT2D eigenvalue weighted by Gasteiger charge is 2.29. The summed E-state index contributed by atoms with van der Waals surface area (Å²) in [6.07, 6.45) is 9.90. The van der Waals surface area contributed by atoms with Crippen molar-refractivity contribution >= 4 is 11.8 Å². The lowest BCUT2D eigenvalue weighted by molar-refractivity contribution is 0.233. The average molecular weight is 258 g/mol. The highest BCUT2D eigenvalue weighted by molar-refractivity contribution is 8.00. The summed E-state index contributed by atoms with van der Waals surface area (Å²) >= 11 is 1.96. The zero-order valence-corrected chi connectivity index (χ0v) is 11.6. The summed E-state index contributed by atoms with van der Waals surface area (Å²) in [4.78, 5) is 1.30. The fourth-order valence-corrected chi connectivity index (χ4v) is 3.59. The van der Waals surface area contributed by atoms with E-state index < -0.39 is 0 Å². The molecule has 0 aromatic heterocycles. The second-order valence-electron chi connectivity index (χ2n) is 5.15. The Balaban J connectivity index is 1.92. The summed E-state index contributed by atoms with van der Waals surface area (Å²) in [6.45, 7) is 4.46. The predicted octanol–water partition coefficient (Wildman–Crippen LogP) is 4.55. The first-order chi connectivity index (χ1) is 8.74. The van der Waals surface area contributed by atoms with Crippen molar-refractivity contribution in [3.05, 3.63) is 48.1 Å². The number of benzene rings is 1. The van der Waals surface area contributed by atoms with Gasteiger partial charge < -0.3 is 4.74 Å². The van der Waals surface area contributed by atoms with Crippen LogP contribution < -0.4 is 4.74 Å². The first-order valence-electron chi connectivity index (χ1n) is 6.54. The summed E-state index contributed by atoms with van der Waals surface area (Å²) in [5.41, 5.74) is 1.39. The molecule has 0 fully saturated rings. The fourth-order valence-electron chi connectivity index (χ4n) is 2.34. The van der Waals surface area contributed by atoms with Gasteiger partial charge in [-0.15, -0.1) is 11.8 Å². The minimum Gasteiger partial charge on any atom is -0.484 e. The Morgan fingerprint density at radius 2 is 2.17 bits per heavy atom. The van der Waals surface area contributed by atoms with Gasteiger partial charge in [-0.1, -0.05) is 38.1 Å². The van der Waals surface area contributed by atoms with Gasteiger partial charge in [0.2, 0.25) is 0 Å². The zero-order valence-electron chi connectivity index (χ0n) is 10.8. The van der Waals surface area contributed by atoms with Gasteiger partial charge in [-0.2, -0.15) is 0 Å². The summed E-state index contributed by atoms with van der Waals surface area (Å²) in [6, 6.07) is 6.60. The van der Waals surface area contributed by atoms with Crippen molar-refractivity contribution in [1.82, 2.24) is 0 Å². The first-order valence-corrected chi connectivity index (χ1v) is 7.42. The van der Waals surface area contributed by atoms with E-state index in [1.165, 1.54) is 10.5 Å². The van der Waals surface area contributed by atoms with Crippen LogP contribution in [0.2, 0.25) is 0 Å². The molecule has 3 rings (SSSR count). The van der Waals surface area contributed by atoms with E-state index in [0.717, 1.165) is 12.2 Å². The fraction of sp³-hybridized carbons (Fsp3) is 0.375. The van der Waals surface area contributed by atoms with E-state index in [0.29, 0.717) is 11.2 Å². The molecule has 0 saturated heterocycles. The highest BCUT2D eigenvalue weighted by Crippen LogP contribution is 2.43.